The molecule has 0 spiro atoms. The van der Waals surface area contributed by atoms with Gasteiger partial charge in [-0.2, -0.15) is 5.10 Å². The number of carbonyl (C=O) groups excluding carboxylic acids is 1. The van der Waals surface area contributed by atoms with Crippen molar-refractivity contribution in [3.63, 3.8) is 0 Å². The second kappa shape index (κ2) is 6.70. The van der Waals surface area contributed by atoms with Gasteiger partial charge in [0, 0.05) is 24.1 Å². The number of nitrogens with zero attached hydrogens (tertiary/aromatic N) is 3. The zero-order valence-electron chi connectivity index (χ0n) is 14.8. The fourth-order valence-corrected chi connectivity index (χ4v) is 4.80. The normalized spacial score (nSPS) is 14.8. The molecule has 0 bridgehead atoms. The van der Waals surface area contributed by atoms with E-state index in [0.717, 1.165) is 29.9 Å². The van der Waals surface area contributed by atoms with Crippen LogP contribution in [0.3, 0.4) is 0 Å². The van der Waals surface area contributed by atoms with Gasteiger partial charge in [-0.05, 0) is 60.7 Å². The second-order valence-corrected chi connectivity index (χ2v) is 7.91. The molecule has 5 nitrogen and oxygen atoms in total. The van der Waals surface area contributed by atoms with Gasteiger partial charge in [-0.25, -0.2) is 4.68 Å². The molecule has 0 unspecified atom stereocenters. The maximum absolute atomic E-state index is 13.0. The second-order valence-electron chi connectivity index (χ2n) is 6.96. The first-order chi connectivity index (χ1) is 13.3. The van der Waals surface area contributed by atoms with Crippen molar-refractivity contribution in [2.45, 2.75) is 31.7 Å². The molecule has 1 N–H and O–H groups in total. The highest BCUT2D eigenvalue weighted by atomic mass is 32.1. The molecule has 4 aromatic rings. The van der Waals surface area contributed by atoms with Gasteiger partial charge in [-0.15, -0.1) is 11.3 Å². The Morgan fingerprint density at radius 1 is 1.15 bits per heavy atom. The van der Waals surface area contributed by atoms with Crippen LogP contribution in [-0.2, 0) is 0 Å². The monoisotopic (exact) mass is 376 g/mol. The summed E-state index contributed by atoms with van der Waals surface area (Å²) >= 11 is 1.69. The van der Waals surface area contributed by atoms with Crippen molar-refractivity contribution < 1.29 is 4.79 Å². The lowest BCUT2D eigenvalue weighted by molar-refractivity contribution is 0.101. The Bertz CT molecular complexity index is 1070. The van der Waals surface area contributed by atoms with Crippen molar-refractivity contribution in [2.75, 3.05) is 5.32 Å². The number of rotatable bonds is 4. The van der Waals surface area contributed by atoms with Gasteiger partial charge in [0.25, 0.3) is 5.91 Å². The minimum atomic E-state index is -0.0443. The SMILES string of the molecule is O=C(Nc1ccc(-n2cccn2)cc1)c1cc2sccc2n1C1CCCC1. The molecule has 1 aliphatic carbocycles. The summed E-state index contributed by atoms with van der Waals surface area (Å²) in [5.41, 5.74) is 3.71. The minimum Gasteiger partial charge on any atom is -0.333 e. The van der Waals surface area contributed by atoms with E-state index in [0.29, 0.717) is 6.04 Å². The number of benzene rings is 1. The van der Waals surface area contributed by atoms with Crippen LogP contribution in [0.2, 0.25) is 0 Å². The summed E-state index contributed by atoms with van der Waals surface area (Å²) in [5, 5.41) is 9.39. The summed E-state index contributed by atoms with van der Waals surface area (Å²) in [5.74, 6) is -0.0443. The molecule has 1 aromatic carbocycles. The number of anilines is 1. The van der Waals surface area contributed by atoms with E-state index >= 15 is 0 Å². The molecule has 3 heterocycles. The van der Waals surface area contributed by atoms with E-state index in [-0.39, 0.29) is 5.91 Å². The highest BCUT2D eigenvalue weighted by Gasteiger charge is 2.25. The van der Waals surface area contributed by atoms with Crippen LogP contribution in [0.5, 0.6) is 0 Å². The standard InChI is InChI=1S/C21H20N4OS/c26-21(23-15-6-8-16(9-7-15)24-12-3-11-22-24)19-14-20-18(10-13-27-20)25(19)17-4-1-2-5-17/h3,6-14,17H,1-2,4-5H2,(H,23,26). The highest BCUT2D eigenvalue weighted by molar-refractivity contribution is 7.17. The summed E-state index contributed by atoms with van der Waals surface area (Å²) in [6.45, 7) is 0. The Balaban J connectivity index is 1.42. The van der Waals surface area contributed by atoms with Crippen molar-refractivity contribution in [3.05, 3.63) is 65.9 Å². The number of hydrogen-bond donors (Lipinski definition) is 1. The van der Waals surface area contributed by atoms with E-state index in [2.05, 4.69) is 26.4 Å². The van der Waals surface area contributed by atoms with Crippen LogP contribution in [0.25, 0.3) is 15.9 Å². The van der Waals surface area contributed by atoms with Gasteiger partial charge in [-0.1, -0.05) is 12.8 Å². The first-order valence-corrected chi connectivity index (χ1v) is 10.2. The Hall–Kier alpha value is -2.86. The lowest BCUT2D eigenvalue weighted by Gasteiger charge is -2.17. The summed E-state index contributed by atoms with van der Waals surface area (Å²) in [6.07, 6.45) is 8.43. The smallest absolute Gasteiger partial charge is 0.272 e. The van der Waals surface area contributed by atoms with Crippen molar-refractivity contribution in [1.82, 2.24) is 14.3 Å². The fraction of sp³-hybridized carbons (Fsp3) is 0.238. The number of hydrogen-bond acceptors (Lipinski definition) is 3. The third-order valence-electron chi connectivity index (χ3n) is 5.28. The number of nitrogens with one attached hydrogen (secondary N) is 1. The van der Waals surface area contributed by atoms with Crippen molar-refractivity contribution in [3.8, 4) is 5.69 Å². The minimum absolute atomic E-state index is 0.0443. The van der Waals surface area contributed by atoms with Gasteiger partial charge in [-0.3, -0.25) is 4.79 Å². The van der Waals surface area contributed by atoms with Crippen LogP contribution >= 0.6 is 11.3 Å². The molecule has 5 rings (SSSR count). The van der Waals surface area contributed by atoms with Gasteiger partial charge >= 0.3 is 0 Å². The molecule has 0 aliphatic heterocycles. The predicted molar refractivity (Wildman–Crippen MR) is 109 cm³/mol. The molecule has 1 amide bonds. The fourth-order valence-electron chi connectivity index (χ4n) is 3.99. The maximum atomic E-state index is 13.0. The average molecular weight is 376 g/mol. The molecule has 27 heavy (non-hydrogen) atoms. The Kier molecular flexibility index (Phi) is 4.05. The predicted octanol–water partition coefficient (Wildman–Crippen LogP) is 5.26. The number of carbonyl (C=O) groups is 1. The third kappa shape index (κ3) is 2.96. The zero-order chi connectivity index (χ0) is 18.2. The largest absolute Gasteiger partial charge is 0.333 e. The quantitative estimate of drug-likeness (QED) is 0.528. The third-order valence-corrected chi connectivity index (χ3v) is 6.13. The van der Waals surface area contributed by atoms with Gasteiger partial charge in [0.2, 0.25) is 0 Å². The van der Waals surface area contributed by atoms with E-state index in [9.17, 15) is 4.79 Å². The van der Waals surface area contributed by atoms with Crippen LogP contribution in [0.1, 0.15) is 42.2 Å². The average Bonchev–Trinajstić information content (AvgIpc) is 3.45. The van der Waals surface area contributed by atoms with Gasteiger partial charge in [0.15, 0.2) is 0 Å². The molecular formula is C21H20N4OS. The lowest BCUT2D eigenvalue weighted by Crippen LogP contribution is -2.19. The Labute approximate surface area is 161 Å². The number of amides is 1. The van der Waals surface area contributed by atoms with Gasteiger partial charge < -0.3 is 9.88 Å². The van der Waals surface area contributed by atoms with Crippen molar-refractivity contribution in [1.29, 1.82) is 0 Å². The summed E-state index contributed by atoms with van der Waals surface area (Å²) < 4.78 is 5.23. The molecule has 6 heteroatoms. The highest BCUT2D eigenvalue weighted by Crippen LogP contribution is 2.36. The van der Waals surface area contributed by atoms with E-state index in [4.69, 9.17) is 0 Å². The lowest BCUT2D eigenvalue weighted by atomic mass is 10.2. The summed E-state index contributed by atoms with van der Waals surface area (Å²) in [7, 11) is 0. The molecule has 1 saturated carbocycles. The molecule has 0 atom stereocenters. The molecular weight excluding hydrogens is 356 g/mol. The van der Waals surface area contributed by atoms with Crippen LogP contribution < -0.4 is 5.32 Å². The summed E-state index contributed by atoms with van der Waals surface area (Å²) in [6, 6.07) is 14.2. The van der Waals surface area contributed by atoms with Crippen molar-refractivity contribution in [2.24, 2.45) is 0 Å². The first kappa shape index (κ1) is 16.3. The van der Waals surface area contributed by atoms with Crippen LogP contribution in [0.4, 0.5) is 5.69 Å². The number of thiophene rings is 1. The zero-order valence-corrected chi connectivity index (χ0v) is 15.7. The number of aromatic nitrogens is 3. The van der Waals surface area contributed by atoms with E-state index in [1.165, 1.54) is 23.1 Å². The Morgan fingerprint density at radius 3 is 2.70 bits per heavy atom. The number of fused-ring (bicyclic) bond motifs is 1. The van der Waals surface area contributed by atoms with Crippen LogP contribution in [0.15, 0.2) is 60.2 Å². The Morgan fingerprint density at radius 2 is 1.96 bits per heavy atom. The maximum Gasteiger partial charge on any atom is 0.272 e. The van der Waals surface area contributed by atoms with Gasteiger partial charge in [0.05, 0.1) is 15.9 Å². The molecule has 1 aliphatic rings. The van der Waals surface area contributed by atoms with E-state index in [1.54, 1.807) is 22.2 Å². The first-order valence-electron chi connectivity index (χ1n) is 9.29. The molecule has 3 aromatic heterocycles. The van der Waals surface area contributed by atoms with Gasteiger partial charge in [0.1, 0.15) is 5.69 Å². The molecule has 0 radical (unpaired) electrons. The van der Waals surface area contributed by atoms with E-state index in [1.807, 2.05) is 42.6 Å². The van der Waals surface area contributed by atoms with Crippen LogP contribution in [-0.4, -0.2) is 20.3 Å². The van der Waals surface area contributed by atoms with Crippen LogP contribution in [0, 0.1) is 0 Å². The summed E-state index contributed by atoms with van der Waals surface area (Å²) in [4.78, 5) is 13.0. The molecule has 136 valence electrons. The molecule has 1 fully saturated rings. The van der Waals surface area contributed by atoms with E-state index < -0.39 is 0 Å². The molecule has 0 saturated heterocycles. The van der Waals surface area contributed by atoms with Crippen molar-refractivity contribution >= 4 is 33.1 Å². The topological polar surface area (TPSA) is 51.9 Å².